The molecule has 31 heavy (non-hydrogen) atoms. The number of anilines is 1. The Morgan fingerprint density at radius 2 is 2.13 bits per heavy atom. The number of piperazine rings is 1. The van der Waals surface area contributed by atoms with Gasteiger partial charge in [-0.25, -0.2) is 14.9 Å². The van der Waals surface area contributed by atoms with Gasteiger partial charge in [0.15, 0.2) is 11.7 Å². The van der Waals surface area contributed by atoms with E-state index in [0.717, 1.165) is 38.4 Å². The van der Waals surface area contributed by atoms with Crippen LogP contribution in [-0.2, 0) is 0 Å². The topological polar surface area (TPSA) is 81.0 Å². The minimum atomic E-state index is -4.54. The van der Waals surface area contributed by atoms with Gasteiger partial charge < -0.3 is 15.2 Å². The lowest BCUT2D eigenvalue weighted by atomic mass is 10.1. The van der Waals surface area contributed by atoms with Crippen molar-refractivity contribution in [2.75, 3.05) is 38.1 Å². The van der Waals surface area contributed by atoms with Gasteiger partial charge in [0.1, 0.15) is 11.4 Å². The van der Waals surface area contributed by atoms with Crippen LogP contribution in [0.5, 0.6) is 0 Å². The Balaban J connectivity index is 1.38. The zero-order valence-corrected chi connectivity index (χ0v) is 16.9. The number of hydrogen-bond acceptors (Lipinski definition) is 7. The molecule has 0 bridgehead atoms. The average molecular weight is 436 g/mol. The van der Waals surface area contributed by atoms with Gasteiger partial charge in [-0.3, -0.25) is 9.69 Å². The number of aromatic nitrogens is 3. The van der Waals surface area contributed by atoms with Gasteiger partial charge in [0.25, 0.3) is 5.91 Å². The number of rotatable bonds is 3. The molecule has 5 rings (SSSR count). The van der Waals surface area contributed by atoms with Crippen molar-refractivity contribution in [3.05, 3.63) is 35.9 Å². The number of fused-ring (bicyclic) bond motifs is 2. The van der Waals surface area contributed by atoms with Gasteiger partial charge in [-0.1, -0.05) is 0 Å². The normalized spacial score (nSPS) is 24.6. The number of carbonyl (C=O) groups excluding carboxylic acids is 1. The Labute approximate surface area is 176 Å². The molecule has 2 aromatic rings. The maximum absolute atomic E-state index is 13.3. The van der Waals surface area contributed by atoms with Crippen molar-refractivity contribution in [1.82, 2.24) is 35.2 Å². The average Bonchev–Trinajstić information content (AvgIpc) is 3.44. The van der Waals surface area contributed by atoms with E-state index in [4.69, 9.17) is 0 Å². The smallest absolute Gasteiger partial charge is 0.354 e. The molecule has 2 fully saturated rings. The number of hydrazine groups is 1. The summed E-state index contributed by atoms with van der Waals surface area (Å²) in [6.07, 6.45) is 2.08. The zero-order valence-electron chi connectivity index (χ0n) is 16.9. The summed E-state index contributed by atoms with van der Waals surface area (Å²) in [5.41, 5.74) is 2.42. The first-order chi connectivity index (χ1) is 14.8. The molecule has 0 aliphatic carbocycles. The monoisotopic (exact) mass is 436 g/mol. The molecule has 2 atom stereocenters. The summed E-state index contributed by atoms with van der Waals surface area (Å²) in [6, 6.07) is 0.386. The summed E-state index contributed by atoms with van der Waals surface area (Å²) in [5.74, 6) is 0.0566. The highest BCUT2D eigenvalue weighted by atomic mass is 19.4. The van der Waals surface area contributed by atoms with E-state index in [1.807, 2.05) is 6.07 Å². The lowest BCUT2D eigenvalue weighted by molar-refractivity contribution is -0.151. The van der Waals surface area contributed by atoms with Crippen molar-refractivity contribution >= 4 is 17.4 Å². The number of nitrogens with one attached hydrogen (secondary N) is 2. The Morgan fingerprint density at radius 3 is 2.94 bits per heavy atom. The zero-order chi connectivity index (χ0) is 21.8. The van der Waals surface area contributed by atoms with E-state index in [1.54, 1.807) is 6.20 Å². The fourth-order valence-electron chi connectivity index (χ4n) is 4.54. The van der Waals surface area contributed by atoms with Crippen LogP contribution < -0.4 is 15.6 Å². The highest BCUT2D eigenvalue weighted by Crippen LogP contribution is 2.28. The third-order valence-corrected chi connectivity index (χ3v) is 6.07. The number of carbonyl (C=O) groups is 1. The van der Waals surface area contributed by atoms with Gasteiger partial charge >= 0.3 is 6.18 Å². The van der Waals surface area contributed by atoms with Gasteiger partial charge in [-0.2, -0.15) is 18.3 Å². The molecule has 0 saturated carbocycles. The van der Waals surface area contributed by atoms with Crippen LogP contribution in [0.4, 0.5) is 19.0 Å². The van der Waals surface area contributed by atoms with Gasteiger partial charge in [-0.05, 0) is 25.5 Å². The highest BCUT2D eigenvalue weighted by molar-refractivity contribution is 6.00. The summed E-state index contributed by atoms with van der Waals surface area (Å²) < 4.78 is 41.2. The predicted molar refractivity (Wildman–Crippen MR) is 106 cm³/mol. The molecule has 166 valence electrons. The van der Waals surface area contributed by atoms with E-state index in [9.17, 15) is 18.0 Å². The van der Waals surface area contributed by atoms with E-state index in [2.05, 4.69) is 30.6 Å². The van der Waals surface area contributed by atoms with E-state index in [0.29, 0.717) is 11.7 Å². The molecular formula is C19H23F3N8O. The Kier molecular flexibility index (Phi) is 4.77. The van der Waals surface area contributed by atoms with Gasteiger partial charge in [-0.15, -0.1) is 0 Å². The molecule has 0 radical (unpaired) electrons. The fourth-order valence-corrected chi connectivity index (χ4v) is 4.54. The SMILES string of the molecule is CN1C=C(NC(=O)c2cnn3ccc(N4CCN5CCCC5C4)nc23)C(C(F)(F)F)N1. The minimum Gasteiger partial charge on any atom is -0.354 e. The van der Waals surface area contributed by atoms with Crippen LogP contribution in [0.1, 0.15) is 23.2 Å². The second-order valence-corrected chi connectivity index (χ2v) is 8.14. The summed E-state index contributed by atoms with van der Waals surface area (Å²) in [4.78, 5) is 22.1. The maximum atomic E-state index is 13.3. The Morgan fingerprint density at radius 1 is 1.29 bits per heavy atom. The minimum absolute atomic E-state index is 0.123. The van der Waals surface area contributed by atoms with Crippen LogP contribution in [0.2, 0.25) is 0 Å². The van der Waals surface area contributed by atoms with Gasteiger partial charge in [0, 0.05) is 45.1 Å². The molecule has 2 saturated heterocycles. The second kappa shape index (κ2) is 7.38. The number of amides is 1. The first kappa shape index (κ1) is 20.1. The molecule has 2 unspecified atom stereocenters. The second-order valence-electron chi connectivity index (χ2n) is 8.14. The lowest BCUT2D eigenvalue weighted by Gasteiger charge is -2.38. The highest BCUT2D eigenvalue weighted by Gasteiger charge is 2.46. The van der Waals surface area contributed by atoms with Crippen molar-refractivity contribution in [3.8, 4) is 0 Å². The molecule has 1 amide bonds. The summed E-state index contributed by atoms with van der Waals surface area (Å²) in [5, 5.41) is 7.68. The number of alkyl halides is 3. The number of halogens is 3. The van der Waals surface area contributed by atoms with Gasteiger partial charge in [0.2, 0.25) is 0 Å². The molecule has 0 spiro atoms. The predicted octanol–water partition coefficient (Wildman–Crippen LogP) is 0.966. The summed E-state index contributed by atoms with van der Waals surface area (Å²) >= 11 is 0. The molecule has 0 aromatic carbocycles. The fraction of sp³-hybridized carbons (Fsp3) is 0.526. The molecule has 5 heterocycles. The maximum Gasteiger partial charge on any atom is 0.411 e. The van der Waals surface area contributed by atoms with Crippen LogP contribution in [0.15, 0.2) is 30.4 Å². The van der Waals surface area contributed by atoms with Crippen molar-refractivity contribution in [2.24, 2.45) is 0 Å². The lowest BCUT2D eigenvalue weighted by Crippen LogP contribution is -2.50. The van der Waals surface area contributed by atoms with Crippen molar-refractivity contribution < 1.29 is 18.0 Å². The van der Waals surface area contributed by atoms with Crippen molar-refractivity contribution in [2.45, 2.75) is 31.1 Å². The number of nitrogens with zero attached hydrogens (tertiary/aromatic N) is 6. The van der Waals surface area contributed by atoms with Crippen LogP contribution in [0.25, 0.3) is 5.65 Å². The van der Waals surface area contributed by atoms with E-state index in [1.165, 1.54) is 35.4 Å². The number of hydrogen-bond donors (Lipinski definition) is 2. The quantitative estimate of drug-likeness (QED) is 0.742. The molecular weight excluding hydrogens is 413 g/mol. The largest absolute Gasteiger partial charge is 0.411 e. The van der Waals surface area contributed by atoms with Gasteiger partial charge in [0.05, 0.1) is 11.9 Å². The standard InChI is InChI=1S/C19H23F3N8O/c1-27-11-14(16(26-27)19(20,21)22)24-18(31)13-9-23-30-6-4-15(25-17(13)30)29-8-7-28-5-2-3-12(28)10-29/h4,6,9,11-12,16,26H,2-3,5,7-8,10H2,1H3,(H,24,31). The van der Waals surface area contributed by atoms with E-state index in [-0.39, 0.29) is 11.3 Å². The van der Waals surface area contributed by atoms with Crippen LogP contribution in [-0.4, -0.2) is 81.9 Å². The first-order valence-corrected chi connectivity index (χ1v) is 10.2. The van der Waals surface area contributed by atoms with Crippen molar-refractivity contribution in [3.63, 3.8) is 0 Å². The Hall–Kier alpha value is -2.86. The third-order valence-electron chi connectivity index (χ3n) is 6.07. The molecule has 2 N–H and O–H groups in total. The van der Waals surface area contributed by atoms with E-state index < -0.39 is 18.1 Å². The first-order valence-electron chi connectivity index (χ1n) is 10.2. The third kappa shape index (κ3) is 3.69. The molecule has 3 aliphatic rings. The van der Waals surface area contributed by atoms with Crippen LogP contribution in [0, 0.1) is 0 Å². The molecule has 2 aromatic heterocycles. The van der Waals surface area contributed by atoms with Crippen molar-refractivity contribution in [1.29, 1.82) is 0 Å². The Bertz CT molecular complexity index is 1030. The molecule has 9 nitrogen and oxygen atoms in total. The summed E-state index contributed by atoms with van der Waals surface area (Å²) in [7, 11) is 1.44. The summed E-state index contributed by atoms with van der Waals surface area (Å²) in [6.45, 7) is 3.82. The van der Waals surface area contributed by atoms with Crippen LogP contribution in [0.3, 0.4) is 0 Å². The molecule has 12 heteroatoms. The van der Waals surface area contributed by atoms with Crippen LogP contribution >= 0.6 is 0 Å². The van der Waals surface area contributed by atoms with E-state index >= 15 is 0 Å². The molecule has 3 aliphatic heterocycles.